The molecule has 1 unspecified atom stereocenters. The van der Waals surface area contributed by atoms with E-state index in [1.54, 1.807) is 23.9 Å². The Morgan fingerprint density at radius 1 is 1.07 bits per heavy atom. The third-order valence-corrected chi connectivity index (χ3v) is 5.71. The average Bonchev–Trinajstić information content (AvgIpc) is 3.04. The number of halogens is 1. The number of nitrogens with one attached hydrogen (secondary N) is 1. The molecule has 146 valence electrons. The van der Waals surface area contributed by atoms with Gasteiger partial charge in [0.05, 0.1) is 5.52 Å². The number of hydrogen-bond donors (Lipinski definition) is 1. The number of carbonyl (C=O) groups is 1. The molecule has 0 radical (unpaired) electrons. The van der Waals surface area contributed by atoms with Crippen molar-refractivity contribution in [2.24, 2.45) is 7.05 Å². The van der Waals surface area contributed by atoms with Crippen LogP contribution in [0.5, 0.6) is 0 Å². The third-order valence-electron chi connectivity index (χ3n) is 5.71. The lowest BCUT2D eigenvalue weighted by molar-refractivity contribution is 0.0408. The van der Waals surface area contributed by atoms with E-state index < -0.39 is 5.66 Å². The first-order valence-electron chi connectivity index (χ1n) is 9.74. The van der Waals surface area contributed by atoms with Crippen molar-refractivity contribution in [3.8, 4) is 0 Å². The molecule has 0 spiro atoms. The summed E-state index contributed by atoms with van der Waals surface area (Å²) in [6.07, 6.45) is 3.36. The molecule has 1 fully saturated rings. The molecule has 2 heterocycles. The third kappa shape index (κ3) is 3.29. The normalized spacial score (nSPS) is 17.4. The number of aromatic nitrogens is 2. The molecular formula is C22H25FN4O. The lowest BCUT2D eigenvalue weighted by atomic mass is 9.95. The molecule has 4 rings (SSSR count). The summed E-state index contributed by atoms with van der Waals surface area (Å²) in [5, 5.41) is 8.51. The summed E-state index contributed by atoms with van der Waals surface area (Å²) in [7, 11) is 1.78. The fourth-order valence-corrected chi connectivity index (χ4v) is 4.15. The van der Waals surface area contributed by atoms with Gasteiger partial charge in [0, 0.05) is 25.5 Å². The summed E-state index contributed by atoms with van der Waals surface area (Å²) in [5.41, 5.74) is 1.46. The Hall–Kier alpha value is -2.73. The van der Waals surface area contributed by atoms with Gasteiger partial charge in [0.2, 0.25) is 0 Å². The van der Waals surface area contributed by atoms with E-state index in [0.717, 1.165) is 42.4 Å². The molecule has 1 aromatic heterocycles. The molecule has 28 heavy (non-hydrogen) atoms. The highest BCUT2D eigenvalue weighted by molar-refractivity contribution is 6.05. The molecule has 1 amide bonds. The lowest BCUT2D eigenvalue weighted by Gasteiger charge is -2.44. The molecule has 1 aliphatic rings. The molecule has 0 aliphatic carbocycles. The maximum absolute atomic E-state index is 13.5. The van der Waals surface area contributed by atoms with Crippen LogP contribution in [0.2, 0.25) is 0 Å². The fourth-order valence-electron chi connectivity index (χ4n) is 4.15. The number of hydrogen-bond acceptors (Lipinski definition) is 3. The highest BCUT2D eigenvalue weighted by atomic mass is 19.1. The fraction of sp³-hybridized carbons (Fsp3) is 0.364. The van der Waals surface area contributed by atoms with Crippen molar-refractivity contribution in [1.29, 1.82) is 0 Å². The first-order chi connectivity index (χ1) is 13.5. The number of likely N-dealkylation sites (tertiary alicyclic amines) is 1. The van der Waals surface area contributed by atoms with Crippen LogP contribution < -0.4 is 5.32 Å². The number of carbonyl (C=O) groups excluding carboxylic acids is 1. The zero-order valence-corrected chi connectivity index (χ0v) is 16.3. The van der Waals surface area contributed by atoms with Crippen LogP contribution in [-0.4, -0.2) is 33.7 Å². The Labute approximate surface area is 164 Å². The Bertz CT molecular complexity index is 991. The number of piperidine rings is 1. The van der Waals surface area contributed by atoms with Crippen LogP contribution in [0.1, 0.15) is 42.2 Å². The van der Waals surface area contributed by atoms with Gasteiger partial charge < -0.3 is 5.32 Å². The van der Waals surface area contributed by atoms with Crippen LogP contribution in [-0.2, 0) is 12.7 Å². The van der Waals surface area contributed by atoms with Crippen molar-refractivity contribution < 1.29 is 9.18 Å². The quantitative estimate of drug-likeness (QED) is 0.749. The van der Waals surface area contributed by atoms with E-state index in [-0.39, 0.29) is 11.7 Å². The SMILES string of the molecule is Cn1nc2ccccc2c1C(=O)NC(C)(c1ccc(F)cc1)N1CCCCC1. The van der Waals surface area contributed by atoms with Gasteiger partial charge in [-0.05, 0) is 43.5 Å². The second-order valence-corrected chi connectivity index (χ2v) is 7.57. The van der Waals surface area contributed by atoms with E-state index in [2.05, 4.69) is 15.3 Å². The minimum Gasteiger partial charge on any atom is -0.329 e. The van der Waals surface area contributed by atoms with Gasteiger partial charge in [-0.2, -0.15) is 5.10 Å². The van der Waals surface area contributed by atoms with E-state index in [1.807, 2.05) is 31.2 Å². The smallest absolute Gasteiger partial charge is 0.271 e. The van der Waals surface area contributed by atoms with E-state index in [9.17, 15) is 9.18 Å². The number of nitrogens with zero attached hydrogens (tertiary/aromatic N) is 3. The molecule has 1 aliphatic heterocycles. The molecule has 3 aromatic rings. The number of amides is 1. The monoisotopic (exact) mass is 380 g/mol. The summed E-state index contributed by atoms with van der Waals surface area (Å²) in [5.74, 6) is -0.470. The van der Waals surface area contributed by atoms with Gasteiger partial charge in [-0.3, -0.25) is 14.4 Å². The molecule has 1 atom stereocenters. The van der Waals surface area contributed by atoms with Gasteiger partial charge in [0.1, 0.15) is 17.2 Å². The van der Waals surface area contributed by atoms with Crippen LogP contribution in [0.15, 0.2) is 48.5 Å². The largest absolute Gasteiger partial charge is 0.329 e. The molecule has 6 heteroatoms. The zero-order chi connectivity index (χ0) is 19.7. The zero-order valence-electron chi connectivity index (χ0n) is 16.3. The van der Waals surface area contributed by atoms with Crippen molar-refractivity contribution in [1.82, 2.24) is 20.0 Å². The standard InChI is InChI=1S/C22H25FN4O/c1-22(27-14-6-3-7-15-27,16-10-12-17(23)13-11-16)24-21(28)20-18-8-4-5-9-19(18)25-26(20)2/h4-5,8-13H,3,6-7,14-15H2,1-2H3,(H,24,28). The second kappa shape index (κ2) is 7.36. The summed E-state index contributed by atoms with van der Waals surface area (Å²) < 4.78 is 15.1. The van der Waals surface area contributed by atoms with Crippen molar-refractivity contribution in [2.45, 2.75) is 31.8 Å². The van der Waals surface area contributed by atoms with Gasteiger partial charge in [-0.15, -0.1) is 0 Å². The van der Waals surface area contributed by atoms with E-state index in [0.29, 0.717) is 5.69 Å². The highest BCUT2D eigenvalue weighted by Gasteiger charge is 2.37. The molecule has 1 N–H and O–H groups in total. The average molecular weight is 380 g/mol. The van der Waals surface area contributed by atoms with Crippen molar-refractivity contribution in [3.05, 3.63) is 65.6 Å². The highest BCUT2D eigenvalue weighted by Crippen LogP contribution is 2.30. The van der Waals surface area contributed by atoms with Crippen LogP contribution in [0.4, 0.5) is 4.39 Å². The Balaban J connectivity index is 1.73. The maximum atomic E-state index is 13.5. The van der Waals surface area contributed by atoms with Crippen molar-refractivity contribution in [2.75, 3.05) is 13.1 Å². The predicted molar refractivity (Wildman–Crippen MR) is 107 cm³/mol. The van der Waals surface area contributed by atoms with Gasteiger partial charge in [-0.25, -0.2) is 4.39 Å². The van der Waals surface area contributed by atoms with E-state index >= 15 is 0 Å². The maximum Gasteiger partial charge on any atom is 0.271 e. The topological polar surface area (TPSA) is 50.2 Å². The van der Waals surface area contributed by atoms with Gasteiger partial charge in [0.15, 0.2) is 0 Å². The van der Waals surface area contributed by atoms with Crippen molar-refractivity contribution >= 4 is 16.8 Å². The first kappa shape index (κ1) is 18.6. The lowest BCUT2D eigenvalue weighted by Crippen LogP contribution is -2.57. The second-order valence-electron chi connectivity index (χ2n) is 7.57. The number of benzene rings is 2. The Morgan fingerprint density at radius 3 is 2.46 bits per heavy atom. The summed E-state index contributed by atoms with van der Waals surface area (Å²) in [6, 6.07) is 14.0. The molecule has 1 saturated heterocycles. The number of rotatable bonds is 4. The van der Waals surface area contributed by atoms with E-state index in [4.69, 9.17) is 0 Å². The first-order valence-corrected chi connectivity index (χ1v) is 9.74. The van der Waals surface area contributed by atoms with Crippen LogP contribution >= 0.6 is 0 Å². The summed E-state index contributed by atoms with van der Waals surface area (Å²) >= 11 is 0. The summed E-state index contributed by atoms with van der Waals surface area (Å²) in [4.78, 5) is 15.6. The number of fused-ring (bicyclic) bond motifs is 1. The van der Waals surface area contributed by atoms with Crippen LogP contribution in [0.25, 0.3) is 10.9 Å². The Morgan fingerprint density at radius 2 is 1.75 bits per heavy atom. The Kier molecular flexibility index (Phi) is 4.89. The molecule has 0 saturated carbocycles. The van der Waals surface area contributed by atoms with Crippen molar-refractivity contribution in [3.63, 3.8) is 0 Å². The van der Waals surface area contributed by atoms with E-state index in [1.165, 1.54) is 18.6 Å². The van der Waals surface area contributed by atoms with Gasteiger partial charge in [0.25, 0.3) is 5.91 Å². The van der Waals surface area contributed by atoms with Crippen LogP contribution in [0.3, 0.4) is 0 Å². The van der Waals surface area contributed by atoms with Gasteiger partial charge in [-0.1, -0.05) is 36.8 Å². The number of aryl methyl sites for hydroxylation is 1. The molecule has 2 aromatic carbocycles. The predicted octanol–water partition coefficient (Wildman–Crippen LogP) is 3.80. The minimum absolute atomic E-state index is 0.186. The summed E-state index contributed by atoms with van der Waals surface area (Å²) in [6.45, 7) is 3.78. The minimum atomic E-state index is -0.726. The molecule has 5 nitrogen and oxygen atoms in total. The van der Waals surface area contributed by atoms with Crippen LogP contribution in [0, 0.1) is 5.82 Å². The molecular weight excluding hydrogens is 355 g/mol. The van der Waals surface area contributed by atoms with Gasteiger partial charge >= 0.3 is 0 Å². The molecule has 0 bridgehead atoms.